The van der Waals surface area contributed by atoms with Gasteiger partial charge in [-0.25, -0.2) is 4.39 Å². The minimum atomic E-state index is -0.908. The standard InChI is InChI=1S/C13H16FNO3/c1-9(7-13(17)18)6-12(16)15-8-10-2-4-11(14)5-3-10/h2-5,9H,6-8H2,1H3,(H,15,16)(H,17,18)/t9-/m0/s1. The number of nitrogens with one attached hydrogen (secondary N) is 1. The number of amides is 1. The van der Waals surface area contributed by atoms with E-state index in [-0.39, 0.29) is 30.5 Å². The van der Waals surface area contributed by atoms with Gasteiger partial charge >= 0.3 is 5.97 Å². The Hall–Kier alpha value is -1.91. The molecule has 0 aromatic heterocycles. The van der Waals surface area contributed by atoms with Gasteiger partial charge in [0.05, 0.1) is 0 Å². The molecule has 1 aromatic carbocycles. The number of benzene rings is 1. The Labute approximate surface area is 105 Å². The molecule has 1 aromatic rings. The topological polar surface area (TPSA) is 66.4 Å². The molecule has 0 saturated heterocycles. The van der Waals surface area contributed by atoms with Gasteiger partial charge < -0.3 is 10.4 Å². The van der Waals surface area contributed by atoms with Crippen molar-refractivity contribution in [3.8, 4) is 0 Å². The van der Waals surface area contributed by atoms with Crippen LogP contribution in [0, 0.1) is 11.7 Å². The molecular weight excluding hydrogens is 237 g/mol. The number of hydrogen-bond donors (Lipinski definition) is 2. The van der Waals surface area contributed by atoms with Crippen LogP contribution in [0.1, 0.15) is 25.3 Å². The summed E-state index contributed by atoms with van der Waals surface area (Å²) < 4.78 is 12.6. The van der Waals surface area contributed by atoms with Crippen LogP contribution in [0.3, 0.4) is 0 Å². The van der Waals surface area contributed by atoms with Crippen molar-refractivity contribution in [2.24, 2.45) is 5.92 Å². The lowest BCUT2D eigenvalue weighted by Gasteiger charge is -2.09. The van der Waals surface area contributed by atoms with Gasteiger partial charge in [-0.2, -0.15) is 0 Å². The van der Waals surface area contributed by atoms with Gasteiger partial charge in [-0.1, -0.05) is 19.1 Å². The second-order valence-electron chi connectivity index (χ2n) is 4.31. The highest BCUT2D eigenvalue weighted by Crippen LogP contribution is 2.07. The highest BCUT2D eigenvalue weighted by Gasteiger charge is 2.12. The van der Waals surface area contributed by atoms with Gasteiger partial charge in [-0.3, -0.25) is 9.59 Å². The number of rotatable bonds is 6. The van der Waals surface area contributed by atoms with Crippen molar-refractivity contribution in [2.75, 3.05) is 0 Å². The molecule has 0 aliphatic heterocycles. The van der Waals surface area contributed by atoms with Crippen molar-refractivity contribution in [3.63, 3.8) is 0 Å². The van der Waals surface area contributed by atoms with Crippen LogP contribution in [0.15, 0.2) is 24.3 Å². The molecule has 1 rings (SSSR count). The van der Waals surface area contributed by atoms with E-state index in [0.29, 0.717) is 6.54 Å². The van der Waals surface area contributed by atoms with Gasteiger partial charge in [0.15, 0.2) is 0 Å². The van der Waals surface area contributed by atoms with Crippen LogP contribution in [0.2, 0.25) is 0 Å². The molecule has 1 atom stereocenters. The number of aliphatic carboxylic acids is 1. The first kappa shape index (κ1) is 14.2. The lowest BCUT2D eigenvalue weighted by atomic mass is 10.0. The zero-order valence-corrected chi connectivity index (χ0v) is 10.1. The lowest BCUT2D eigenvalue weighted by Crippen LogP contribution is -2.25. The average molecular weight is 253 g/mol. The maximum atomic E-state index is 12.6. The third-order valence-electron chi connectivity index (χ3n) is 2.46. The van der Waals surface area contributed by atoms with E-state index in [1.165, 1.54) is 12.1 Å². The summed E-state index contributed by atoms with van der Waals surface area (Å²) in [5.41, 5.74) is 0.802. The zero-order valence-electron chi connectivity index (χ0n) is 10.1. The third kappa shape index (κ3) is 5.43. The molecule has 0 aliphatic rings. The second kappa shape index (κ2) is 6.74. The van der Waals surface area contributed by atoms with Crippen molar-refractivity contribution in [1.29, 1.82) is 0 Å². The van der Waals surface area contributed by atoms with E-state index in [2.05, 4.69) is 5.32 Å². The van der Waals surface area contributed by atoms with Gasteiger partial charge in [0.1, 0.15) is 5.82 Å². The fourth-order valence-corrected chi connectivity index (χ4v) is 1.56. The SMILES string of the molecule is C[C@H](CC(=O)O)CC(=O)NCc1ccc(F)cc1. The Morgan fingerprint density at radius 2 is 1.89 bits per heavy atom. The predicted molar refractivity (Wildman–Crippen MR) is 64.3 cm³/mol. The number of hydrogen-bond acceptors (Lipinski definition) is 2. The summed E-state index contributed by atoms with van der Waals surface area (Å²) in [6, 6.07) is 5.84. The van der Waals surface area contributed by atoms with Crippen LogP contribution in [-0.2, 0) is 16.1 Å². The largest absolute Gasteiger partial charge is 0.481 e. The molecule has 5 heteroatoms. The molecule has 0 unspecified atom stereocenters. The summed E-state index contributed by atoms with van der Waals surface area (Å²) in [4.78, 5) is 21.9. The molecular formula is C13H16FNO3. The van der Waals surface area contributed by atoms with E-state index in [1.54, 1.807) is 19.1 Å². The molecule has 0 radical (unpaired) electrons. The van der Waals surface area contributed by atoms with Crippen LogP contribution in [0.5, 0.6) is 0 Å². The number of carboxylic acid groups (broad SMARTS) is 1. The lowest BCUT2D eigenvalue weighted by molar-refractivity contribution is -0.138. The fourth-order valence-electron chi connectivity index (χ4n) is 1.56. The number of carboxylic acids is 1. The van der Waals surface area contributed by atoms with Crippen LogP contribution in [0.4, 0.5) is 4.39 Å². The maximum absolute atomic E-state index is 12.6. The first-order valence-electron chi connectivity index (χ1n) is 5.70. The van der Waals surface area contributed by atoms with Crippen molar-refractivity contribution in [1.82, 2.24) is 5.32 Å². The second-order valence-corrected chi connectivity index (χ2v) is 4.31. The van der Waals surface area contributed by atoms with Crippen molar-refractivity contribution >= 4 is 11.9 Å². The van der Waals surface area contributed by atoms with E-state index in [0.717, 1.165) is 5.56 Å². The number of halogens is 1. The van der Waals surface area contributed by atoms with Gasteiger partial charge in [-0.05, 0) is 23.6 Å². The van der Waals surface area contributed by atoms with Gasteiger partial charge in [0, 0.05) is 19.4 Å². The quantitative estimate of drug-likeness (QED) is 0.814. The summed E-state index contributed by atoms with van der Waals surface area (Å²) in [5, 5.41) is 11.2. The highest BCUT2D eigenvalue weighted by atomic mass is 19.1. The fraction of sp³-hybridized carbons (Fsp3) is 0.385. The zero-order chi connectivity index (χ0) is 13.5. The first-order valence-corrected chi connectivity index (χ1v) is 5.70. The molecule has 0 heterocycles. The number of carbonyl (C=O) groups excluding carboxylic acids is 1. The monoisotopic (exact) mass is 253 g/mol. The van der Waals surface area contributed by atoms with Crippen molar-refractivity contribution in [3.05, 3.63) is 35.6 Å². The van der Waals surface area contributed by atoms with Crippen molar-refractivity contribution in [2.45, 2.75) is 26.3 Å². The molecule has 0 fully saturated rings. The Morgan fingerprint density at radius 1 is 1.28 bits per heavy atom. The third-order valence-corrected chi connectivity index (χ3v) is 2.46. The molecule has 4 nitrogen and oxygen atoms in total. The predicted octanol–water partition coefficient (Wildman–Crippen LogP) is 1.94. The Morgan fingerprint density at radius 3 is 2.44 bits per heavy atom. The van der Waals surface area contributed by atoms with Crippen LogP contribution < -0.4 is 5.32 Å². The Bertz CT molecular complexity index is 417. The Balaban J connectivity index is 2.32. The van der Waals surface area contributed by atoms with E-state index < -0.39 is 5.97 Å². The minimum absolute atomic E-state index is 0.0238. The first-order chi connectivity index (χ1) is 8.47. The average Bonchev–Trinajstić information content (AvgIpc) is 2.27. The molecule has 18 heavy (non-hydrogen) atoms. The highest BCUT2D eigenvalue weighted by molar-refractivity contribution is 5.77. The Kier molecular flexibility index (Phi) is 5.30. The van der Waals surface area contributed by atoms with E-state index in [1.807, 2.05) is 0 Å². The van der Waals surface area contributed by atoms with Crippen LogP contribution >= 0.6 is 0 Å². The van der Waals surface area contributed by atoms with Crippen molar-refractivity contribution < 1.29 is 19.1 Å². The van der Waals surface area contributed by atoms with Crippen LogP contribution in [-0.4, -0.2) is 17.0 Å². The van der Waals surface area contributed by atoms with Gasteiger partial charge in [0.25, 0.3) is 0 Å². The molecule has 0 spiro atoms. The smallest absolute Gasteiger partial charge is 0.303 e. The van der Waals surface area contributed by atoms with E-state index >= 15 is 0 Å². The van der Waals surface area contributed by atoms with E-state index in [9.17, 15) is 14.0 Å². The molecule has 0 aliphatic carbocycles. The number of carbonyl (C=O) groups is 2. The molecule has 1 amide bonds. The van der Waals surface area contributed by atoms with Gasteiger partial charge in [0.2, 0.25) is 5.91 Å². The maximum Gasteiger partial charge on any atom is 0.303 e. The summed E-state index contributed by atoms with van der Waals surface area (Å²) in [6.45, 7) is 2.03. The summed E-state index contributed by atoms with van der Waals surface area (Å²) in [7, 11) is 0. The molecule has 2 N–H and O–H groups in total. The summed E-state index contributed by atoms with van der Waals surface area (Å²) >= 11 is 0. The summed E-state index contributed by atoms with van der Waals surface area (Å²) in [6.07, 6.45) is 0.150. The minimum Gasteiger partial charge on any atom is -0.481 e. The molecule has 98 valence electrons. The molecule has 0 saturated carbocycles. The summed E-state index contributed by atoms with van der Waals surface area (Å²) in [5.74, 6) is -1.63. The molecule has 0 bridgehead atoms. The normalized spacial score (nSPS) is 11.9. The van der Waals surface area contributed by atoms with Gasteiger partial charge in [-0.15, -0.1) is 0 Å². The van der Waals surface area contributed by atoms with Crippen LogP contribution in [0.25, 0.3) is 0 Å². The van der Waals surface area contributed by atoms with E-state index in [4.69, 9.17) is 5.11 Å².